The highest BCUT2D eigenvalue weighted by atomic mass is 16.6. The SMILES string of the molecule is C[C@]1(c2ccc([N+](=O)[O-])cc2)NC(=O)N(C[C@H](O)COc2ccccc2)C1=O. The lowest BCUT2D eigenvalue weighted by Crippen LogP contribution is -2.42. The highest BCUT2D eigenvalue weighted by Crippen LogP contribution is 2.30. The summed E-state index contributed by atoms with van der Waals surface area (Å²) >= 11 is 0. The molecule has 9 nitrogen and oxygen atoms in total. The molecule has 0 aliphatic carbocycles. The Morgan fingerprint density at radius 1 is 1.18 bits per heavy atom. The van der Waals surface area contributed by atoms with Crippen LogP contribution in [0.5, 0.6) is 5.75 Å². The van der Waals surface area contributed by atoms with Crippen molar-refractivity contribution in [3.8, 4) is 5.75 Å². The summed E-state index contributed by atoms with van der Waals surface area (Å²) < 4.78 is 5.44. The van der Waals surface area contributed by atoms with Gasteiger partial charge in [0.1, 0.15) is 24.0 Å². The Morgan fingerprint density at radius 2 is 1.82 bits per heavy atom. The van der Waals surface area contributed by atoms with Gasteiger partial charge in [0.2, 0.25) is 0 Å². The van der Waals surface area contributed by atoms with Crippen LogP contribution < -0.4 is 10.1 Å². The van der Waals surface area contributed by atoms with E-state index in [9.17, 15) is 24.8 Å². The van der Waals surface area contributed by atoms with Crippen molar-refractivity contribution < 1.29 is 24.4 Å². The highest BCUT2D eigenvalue weighted by molar-refractivity contribution is 6.07. The molecule has 2 N–H and O–H groups in total. The Morgan fingerprint density at radius 3 is 2.43 bits per heavy atom. The summed E-state index contributed by atoms with van der Waals surface area (Å²) in [5, 5.41) is 23.5. The van der Waals surface area contributed by atoms with Gasteiger partial charge in [-0.3, -0.25) is 19.8 Å². The Bertz CT molecular complexity index is 886. The number of nitrogens with zero attached hydrogens (tertiary/aromatic N) is 2. The minimum atomic E-state index is -1.37. The van der Waals surface area contributed by atoms with Crippen LogP contribution in [-0.2, 0) is 10.3 Å². The molecule has 1 saturated heterocycles. The molecule has 9 heteroatoms. The van der Waals surface area contributed by atoms with Crippen molar-refractivity contribution in [2.24, 2.45) is 0 Å². The van der Waals surface area contributed by atoms with E-state index >= 15 is 0 Å². The van der Waals surface area contributed by atoms with Gasteiger partial charge in [0.25, 0.3) is 11.6 Å². The van der Waals surface area contributed by atoms with Crippen molar-refractivity contribution >= 4 is 17.6 Å². The number of non-ortho nitro benzene ring substituents is 1. The van der Waals surface area contributed by atoms with Gasteiger partial charge in [0.15, 0.2) is 0 Å². The standard InChI is InChI=1S/C19H19N3O6/c1-19(13-7-9-14(10-8-13)22(26)27)17(24)21(18(25)20-19)11-15(23)12-28-16-5-3-2-4-6-16/h2-10,15,23H,11-12H2,1H3,(H,20,25)/t15-,19+/m0/s1. The van der Waals surface area contributed by atoms with Gasteiger partial charge >= 0.3 is 6.03 Å². The summed E-state index contributed by atoms with van der Waals surface area (Å²) in [5.74, 6) is 0.0135. The average Bonchev–Trinajstić information content (AvgIpc) is 2.91. The van der Waals surface area contributed by atoms with Crippen LogP contribution in [0.1, 0.15) is 12.5 Å². The predicted molar refractivity (Wildman–Crippen MR) is 98.6 cm³/mol. The van der Waals surface area contributed by atoms with Crippen LogP contribution in [0.15, 0.2) is 54.6 Å². The first-order valence-electron chi connectivity index (χ1n) is 8.56. The zero-order chi connectivity index (χ0) is 20.3. The predicted octanol–water partition coefficient (Wildman–Crippen LogP) is 1.80. The normalized spacial score (nSPS) is 20.0. The number of aliphatic hydroxyl groups excluding tert-OH is 1. The molecule has 0 saturated carbocycles. The van der Waals surface area contributed by atoms with Gasteiger partial charge in [0, 0.05) is 12.1 Å². The third kappa shape index (κ3) is 3.79. The number of nitro benzene ring substituents is 1. The van der Waals surface area contributed by atoms with Crippen LogP contribution in [0.25, 0.3) is 0 Å². The lowest BCUT2D eigenvalue weighted by atomic mass is 9.92. The number of nitrogens with one attached hydrogen (secondary N) is 1. The quantitative estimate of drug-likeness (QED) is 0.426. The number of para-hydroxylation sites is 1. The number of imide groups is 1. The van der Waals surface area contributed by atoms with Crippen LogP contribution in [0.3, 0.4) is 0 Å². The number of ether oxygens (including phenoxy) is 1. The number of rotatable bonds is 7. The van der Waals surface area contributed by atoms with E-state index in [4.69, 9.17) is 4.74 Å². The number of hydrogen-bond acceptors (Lipinski definition) is 6. The summed E-state index contributed by atoms with van der Waals surface area (Å²) in [6, 6.07) is 13.6. The Hall–Kier alpha value is -3.46. The van der Waals surface area contributed by atoms with Gasteiger partial charge in [-0.05, 0) is 36.8 Å². The number of nitro groups is 1. The fraction of sp³-hybridized carbons (Fsp3) is 0.263. The molecule has 1 fully saturated rings. The topological polar surface area (TPSA) is 122 Å². The van der Waals surface area contributed by atoms with E-state index < -0.39 is 28.5 Å². The van der Waals surface area contributed by atoms with Gasteiger partial charge in [-0.25, -0.2) is 4.79 Å². The first-order chi connectivity index (χ1) is 13.3. The molecule has 146 valence electrons. The summed E-state index contributed by atoms with van der Waals surface area (Å²) in [4.78, 5) is 36.3. The van der Waals surface area contributed by atoms with Gasteiger partial charge < -0.3 is 15.2 Å². The lowest BCUT2D eigenvalue weighted by molar-refractivity contribution is -0.384. The van der Waals surface area contributed by atoms with Crippen molar-refractivity contribution in [1.29, 1.82) is 0 Å². The maximum Gasteiger partial charge on any atom is 0.325 e. The Labute approximate surface area is 160 Å². The first-order valence-corrected chi connectivity index (χ1v) is 8.56. The number of carbonyl (C=O) groups is 2. The van der Waals surface area contributed by atoms with Gasteiger partial charge in [-0.2, -0.15) is 0 Å². The van der Waals surface area contributed by atoms with Gasteiger partial charge in [-0.1, -0.05) is 18.2 Å². The molecule has 0 bridgehead atoms. The summed E-state index contributed by atoms with van der Waals surface area (Å²) in [6.07, 6.45) is -1.07. The second kappa shape index (κ2) is 7.65. The van der Waals surface area contributed by atoms with Crippen LogP contribution in [0.4, 0.5) is 10.5 Å². The second-order valence-corrected chi connectivity index (χ2v) is 6.55. The van der Waals surface area contributed by atoms with E-state index in [1.165, 1.54) is 31.2 Å². The maximum absolute atomic E-state index is 12.8. The molecule has 0 aromatic heterocycles. The number of aliphatic hydroxyl groups is 1. The molecule has 3 rings (SSSR count). The second-order valence-electron chi connectivity index (χ2n) is 6.55. The highest BCUT2D eigenvalue weighted by Gasteiger charge is 2.49. The molecule has 28 heavy (non-hydrogen) atoms. The molecule has 3 amide bonds. The average molecular weight is 385 g/mol. The summed E-state index contributed by atoms with van der Waals surface area (Å²) in [7, 11) is 0. The number of hydrogen-bond donors (Lipinski definition) is 2. The molecular weight excluding hydrogens is 366 g/mol. The number of carbonyl (C=O) groups excluding carboxylic acids is 2. The van der Waals surface area contributed by atoms with Crippen LogP contribution in [0, 0.1) is 10.1 Å². The van der Waals surface area contributed by atoms with Gasteiger partial charge in [0.05, 0.1) is 11.5 Å². The van der Waals surface area contributed by atoms with Crippen molar-refractivity contribution in [1.82, 2.24) is 10.2 Å². The number of urea groups is 1. The van der Waals surface area contributed by atoms with Crippen molar-refractivity contribution in [2.75, 3.05) is 13.2 Å². The molecule has 1 aliphatic rings. The van der Waals surface area contributed by atoms with Gasteiger partial charge in [-0.15, -0.1) is 0 Å². The van der Waals surface area contributed by atoms with E-state index in [0.717, 1.165) is 4.90 Å². The van der Waals surface area contributed by atoms with Crippen LogP contribution in [-0.4, -0.2) is 46.1 Å². The van der Waals surface area contributed by atoms with Crippen molar-refractivity contribution in [3.05, 3.63) is 70.3 Å². The van der Waals surface area contributed by atoms with E-state index in [-0.39, 0.29) is 18.8 Å². The summed E-state index contributed by atoms with van der Waals surface area (Å²) in [6.45, 7) is 1.19. The number of amides is 3. The Balaban J connectivity index is 1.67. The van der Waals surface area contributed by atoms with E-state index in [1.807, 2.05) is 6.07 Å². The van der Waals surface area contributed by atoms with E-state index in [1.54, 1.807) is 24.3 Å². The monoisotopic (exact) mass is 385 g/mol. The third-order valence-electron chi connectivity index (χ3n) is 4.51. The fourth-order valence-corrected chi connectivity index (χ4v) is 2.95. The lowest BCUT2D eigenvalue weighted by Gasteiger charge is -2.23. The van der Waals surface area contributed by atoms with Crippen molar-refractivity contribution in [2.45, 2.75) is 18.6 Å². The molecule has 2 aromatic carbocycles. The minimum absolute atomic E-state index is 0.0880. The molecular formula is C19H19N3O6. The largest absolute Gasteiger partial charge is 0.491 e. The number of benzene rings is 2. The molecule has 0 spiro atoms. The first kappa shape index (κ1) is 19.3. The van der Waals surface area contributed by atoms with Crippen LogP contribution >= 0.6 is 0 Å². The zero-order valence-corrected chi connectivity index (χ0v) is 15.1. The number of β-amino-alcohol motifs (C(OH)–C–C–N with tert-alkyl or cyclic N) is 1. The molecule has 2 aromatic rings. The third-order valence-corrected chi connectivity index (χ3v) is 4.51. The molecule has 2 atom stereocenters. The van der Waals surface area contributed by atoms with E-state index in [0.29, 0.717) is 11.3 Å². The smallest absolute Gasteiger partial charge is 0.325 e. The van der Waals surface area contributed by atoms with E-state index in [2.05, 4.69) is 5.32 Å². The van der Waals surface area contributed by atoms with Crippen LogP contribution in [0.2, 0.25) is 0 Å². The molecule has 0 radical (unpaired) electrons. The molecule has 1 aliphatic heterocycles. The minimum Gasteiger partial charge on any atom is -0.491 e. The van der Waals surface area contributed by atoms with Crippen molar-refractivity contribution in [3.63, 3.8) is 0 Å². The molecule has 0 unspecified atom stereocenters. The Kier molecular flexibility index (Phi) is 5.27. The zero-order valence-electron chi connectivity index (χ0n) is 15.1. The summed E-state index contributed by atoms with van der Waals surface area (Å²) in [5.41, 5.74) is -1.07. The maximum atomic E-state index is 12.8. The molecule has 1 heterocycles. The fourth-order valence-electron chi connectivity index (χ4n) is 2.95.